The van der Waals surface area contributed by atoms with Gasteiger partial charge in [0.05, 0.1) is 16.6 Å². The fraction of sp³-hybridized carbons (Fsp3) is 0.250. The van der Waals surface area contributed by atoms with E-state index in [0.717, 1.165) is 0 Å². The van der Waals surface area contributed by atoms with Crippen LogP contribution in [0.5, 0.6) is 0 Å². The number of hydrogen-bond donors (Lipinski definition) is 2. The van der Waals surface area contributed by atoms with Crippen molar-refractivity contribution in [2.45, 2.75) is 26.3 Å². The molecule has 1 aromatic heterocycles. The topological polar surface area (TPSA) is 105 Å². The molecule has 23 heavy (non-hydrogen) atoms. The lowest BCUT2D eigenvalue weighted by molar-refractivity contribution is -0.114. The molecule has 1 atom stereocenters. The summed E-state index contributed by atoms with van der Waals surface area (Å²) in [5, 5.41) is 11.9. The zero-order valence-electron chi connectivity index (χ0n) is 12.5. The maximum atomic E-state index is 12.6. The second-order valence-corrected chi connectivity index (χ2v) is 5.63. The third-order valence-corrected chi connectivity index (χ3v) is 3.97. The van der Waals surface area contributed by atoms with Crippen molar-refractivity contribution in [2.75, 3.05) is 5.32 Å². The molecule has 0 radical (unpaired) electrons. The smallest absolute Gasteiger partial charge is 0.341 e. The summed E-state index contributed by atoms with van der Waals surface area (Å²) in [5.41, 5.74) is -0.157. The van der Waals surface area contributed by atoms with Gasteiger partial charge in [-0.15, -0.1) is 0 Å². The van der Waals surface area contributed by atoms with Crippen LogP contribution in [0.4, 0.5) is 5.69 Å². The van der Waals surface area contributed by atoms with E-state index in [-0.39, 0.29) is 40.8 Å². The molecule has 118 valence electrons. The van der Waals surface area contributed by atoms with Gasteiger partial charge in [-0.3, -0.25) is 14.4 Å². The number of Topliss-reactive ketones (excluding diaryl/α,β-unsaturated/α-hetero) is 1. The van der Waals surface area contributed by atoms with Crippen LogP contribution < -0.4 is 10.7 Å². The molecule has 1 unspecified atom stereocenters. The number of nitrogens with zero attached hydrogens (tertiary/aromatic N) is 1. The molecule has 1 aliphatic rings. The Labute approximate surface area is 130 Å². The lowest BCUT2D eigenvalue weighted by atomic mass is 9.94. The van der Waals surface area contributed by atoms with Crippen molar-refractivity contribution in [3.8, 4) is 0 Å². The van der Waals surface area contributed by atoms with Crippen molar-refractivity contribution in [2.24, 2.45) is 0 Å². The van der Waals surface area contributed by atoms with Gasteiger partial charge < -0.3 is 15.0 Å². The van der Waals surface area contributed by atoms with Crippen LogP contribution in [-0.4, -0.2) is 27.3 Å². The van der Waals surface area contributed by atoms with Crippen LogP contribution in [-0.2, 0) is 4.79 Å². The third kappa shape index (κ3) is 2.21. The number of rotatable bonds is 2. The van der Waals surface area contributed by atoms with Gasteiger partial charge in [0.25, 0.3) is 0 Å². The largest absolute Gasteiger partial charge is 0.477 e. The summed E-state index contributed by atoms with van der Waals surface area (Å²) in [6.45, 7) is 3.07. The van der Waals surface area contributed by atoms with Crippen molar-refractivity contribution in [3.05, 3.63) is 39.7 Å². The predicted molar refractivity (Wildman–Crippen MR) is 83.1 cm³/mol. The molecule has 0 aliphatic carbocycles. The number of hydrogen-bond acceptors (Lipinski definition) is 4. The van der Waals surface area contributed by atoms with Gasteiger partial charge in [0.15, 0.2) is 5.78 Å². The Morgan fingerprint density at radius 2 is 2.00 bits per heavy atom. The Balaban J connectivity index is 2.52. The quantitative estimate of drug-likeness (QED) is 0.879. The summed E-state index contributed by atoms with van der Waals surface area (Å²) in [4.78, 5) is 47.5. The van der Waals surface area contributed by atoms with E-state index in [2.05, 4.69) is 5.32 Å². The fourth-order valence-electron chi connectivity index (χ4n) is 2.98. The van der Waals surface area contributed by atoms with Crippen molar-refractivity contribution in [1.29, 1.82) is 0 Å². The van der Waals surface area contributed by atoms with Gasteiger partial charge in [-0.25, -0.2) is 4.79 Å². The van der Waals surface area contributed by atoms with E-state index in [1.165, 1.54) is 19.2 Å². The molecule has 1 amide bonds. The Kier molecular flexibility index (Phi) is 3.28. The second kappa shape index (κ2) is 5.05. The number of anilines is 1. The van der Waals surface area contributed by atoms with Gasteiger partial charge in [-0.1, -0.05) is 0 Å². The highest BCUT2D eigenvalue weighted by Gasteiger charge is 2.28. The van der Waals surface area contributed by atoms with Gasteiger partial charge in [0.2, 0.25) is 11.3 Å². The van der Waals surface area contributed by atoms with Crippen LogP contribution in [0.25, 0.3) is 10.9 Å². The SMILES string of the molecule is CC(=O)Nc1ccc2c3c1c(=O)c(C(=O)O)cn3C(C)CC2=O. The summed E-state index contributed by atoms with van der Waals surface area (Å²) in [6.07, 6.45) is 1.49. The molecule has 1 aliphatic heterocycles. The number of carbonyl (C=O) groups excluding carboxylic acids is 2. The molecule has 2 aromatic rings. The van der Waals surface area contributed by atoms with Crippen LogP contribution in [0.3, 0.4) is 0 Å². The van der Waals surface area contributed by atoms with Crippen LogP contribution >= 0.6 is 0 Å². The summed E-state index contributed by atoms with van der Waals surface area (Å²) in [6, 6.07) is 2.74. The highest BCUT2D eigenvalue weighted by Crippen LogP contribution is 2.33. The van der Waals surface area contributed by atoms with E-state index in [0.29, 0.717) is 11.1 Å². The molecule has 0 saturated carbocycles. The van der Waals surface area contributed by atoms with Crippen LogP contribution in [0, 0.1) is 0 Å². The first-order valence-electron chi connectivity index (χ1n) is 7.07. The van der Waals surface area contributed by atoms with E-state index in [9.17, 15) is 24.3 Å². The minimum Gasteiger partial charge on any atom is -0.477 e. The maximum absolute atomic E-state index is 12.6. The molecule has 2 heterocycles. The summed E-state index contributed by atoms with van der Waals surface area (Å²) < 4.78 is 1.63. The normalized spacial score (nSPS) is 16.4. The maximum Gasteiger partial charge on any atom is 0.341 e. The number of carboxylic acids is 1. The number of benzene rings is 1. The van der Waals surface area contributed by atoms with Crippen molar-refractivity contribution >= 4 is 34.3 Å². The average Bonchev–Trinajstić information content (AvgIpc) is 2.45. The number of carbonyl (C=O) groups is 3. The molecular formula is C16H14N2O5. The number of nitrogens with one attached hydrogen (secondary N) is 1. The first-order chi connectivity index (χ1) is 10.8. The highest BCUT2D eigenvalue weighted by atomic mass is 16.4. The van der Waals surface area contributed by atoms with Gasteiger partial charge in [-0.05, 0) is 19.1 Å². The lowest BCUT2D eigenvalue weighted by Gasteiger charge is -2.26. The number of aromatic carboxylic acids is 1. The number of aromatic nitrogens is 1. The minimum atomic E-state index is -1.34. The molecule has 3 rings (SSSR count). The lowest BCUT2D eigenvalue weighted by Crippen LogP contribution is -2.27. The van der Waals surface area contributed by atoms with E-state index >= 15 is 0 Å². The number of ketones is 1. The zero-order chi connectivity index (χ0) is 16.9. The molecule has 0 bridgehead atoms. The average molecular weight is 314 g/mol. The number of amides is 1. The fourth-order valence-corrected chi connectivity index (χ4v) is 2.98. The Bertz CT molecular complexity index is 942. The first kappa shape index (κ1) is 15.0. The highest BCUT2D eigenvalue weighted by molar-refractivity contribution is 6.13. The van der Waals surface area contributed by atoms with Crippen molar-refractivity contribution in [3.63, 3.8) is 0 Å². The molecule has 0 fully saturated rings. The Morgan fingerprint density at radius 3 is 2.61 bits per heavy atom. The summed E-state index contributed by atoms with van der Waals surface area (Å²) in [7, 11) is 0. The van der Waals surface area contributed by atoms with Gasteiger partial charge in [0, 0.05) is 31.1 Å². The van der Waals surface area contributed by atoms with Gasteiger partial charge >= 0.3 is 5.97 Å². The molecule has 0 saturated heterocycles. The van der Waals surface area contributed by atoms with E-state index in [1.54, 1.807) is 17.6 Å². The van der Waals surface area contributed by atoms with Crippen LogP contribution in [0.2, 0.25) is 0 Å². The first-order valence-corrected chi connectivity index (χ1v) is 7.07. The van der Waals surface area contributed by atoms with E-state index in [4.69, 9.17) is 0 Å². The van der Waals surface area contributed by atoms with E-state index < -0.39 is 11.4 Å². The molecular weight excluding hydrogens is 300 g/mol. The summed E-state index contributed by atoms with van der Waals surface area (Å²) >= 11 is 0. The van der Waals surface area contributed by atoms with E-state index in [1.807, 2.05) is 0 Å². The molecule has 2 N–H and O–H groups in total. The van der Waals surface area contributed by atoms with Crippen LogP contribution in [0.15, 0.2) is 23.1 Å². The Morgan fingerprint density at radius 1 is 1.30 bits per heavy atom. The summed E-state index contributed by atoms with van der Waals surface area (Å²) in [5.74, 6) is -1.84. The Hall–Kier alpha value is -2.96. The third-order valence-electron chi connectivity index (χ3n) is 3.97. The van der Waals surface area contributed by atoms with Gasteiger partial charge in [-0.2, -0.15) is 0 Å². The number of pyridine rings is 1. The molecule has 1 aromatic carbocycles. The predicted octanol–water partition coefficient (Wildman–Crippen LogP) is 1.81. The van der Waals surface area contributed by atoms with Crippen LogP contribution in [0.1, 0.15) is 47.0 Å². The zero-order valence-corrected chi connectivity index (χ0v) is 12.5. The molecule has 7 heteroatoms. The van der Waals surface area contributed by atoms with Crippen molar-refractivity contribution in [1.82, 2.24) is 4.57 Å². The minimum absolute atomic E-state index is 0.0532. The standard InChI is InChI=1S/C16H14N2O5/c1-7-5-12(20)9-3-4-11(17-8(2)19)13-14(9)18(7)6-10(15(13)21)16(22)23/h3-4,6-7H,5H2,1-2H3,(H,17,19)(H,22,23). The van der Waals surface area contributed by atoms with Gasteiger partial charge in [0.1, 0.15) is 5.56 Å². The second-order valence-electron chi connectivity index (χ2n) is 5.63. The van der Waals surface area contributed by atoms with Crippen molar-refractivity contribution < 1.29 is 19.5 Å². The molecule has 7 nitrogen and oxygen atoms in total. The monoisotopic (exact) mass is 314 g/mol. The molecule has 0 spiro atoms. The number of carboxylic acid groups (broad SMARTS) is 1.